The Morgan fingerprint density at radius 2 is 1.60 bits per heavy atom. The first kappa shape index (κ1) is 18.9. The number of nitrogens with one attached hydrogen (secondary N) is 1. The smallest absolute Gasteiger partial charge is 0.251 e. The predicted octanol–water partition coefficient (Wildman–Crippen LogP) is 3.56. The number of carbonyl (C=O) groups is 3. The van der Waals surface area contributed by atoms with Gasteiger partial charge in [-0.15, -0.1) is 0 Å². The molecule has 2 unspecified atom stereocenters. The quantitative estimate of drug-likeness (QED) is 0.672. The van der Waals surface area contributed by atoms with E-state index in [0.29, 0.717) is 16.8 Å². The lowest BCUT2D eigenvalue weighted by Gasteiger charge is -2.38. The summed E-state index contributed by atoms with van der Waals surface area (Å²) in [5.74, 6) is -0.454. The molecule has 1 saturated heterocycles. The normalized spacial score (nSPS) is 21.0. The summed E-state index contributed by atoms with van der Waals surface area (Å²) in [6, 6.07) is 7.08. The molecule has 2 atom stereocenters. The summed E-state index contributed by atoms with van der Waals surface area (Å²) in [5.41, 5.74) is 1.55. The van der Waals surface area contributed by atoms with E-state index in [1.54, 1.807) is 31.2 Å². The fourth-order valence-electron chi connectivity index (χ4n) is 3.20. The second-order valence-corrected chi connectivity index (χ2v) is 6.79. The van der Waals surface area contributed by atoms with Crippen molar-refractivity contribution >= 4 is 23.3 Å². The van der Waals surface area contributed by atoms with Gasteiger partial charge in [-0.3, -0.25) is 14.4 Å². The van der Waals surface area contributed by atoms with Gasteiger partial charge in [0.15, 0.2) is 5.78 Å². The lowest BCUT2D eigenvalue weighted by atomic mass is 9.97. The lowest BCUT2D eigenvalue weighted by Crippen LogP contribution is -2.47. The number of nitrogens with zero attached hydrogens (tertiary/aromatic N) is 1. The molecule has 5 heteroatoms. The monoisotopic (exact) mass is 342 g/mol. The molecule has 0 aliphatic carbocycles. The van der Waals surface area contributed by atoms with E-state index >= 15 is 0 Å². The molecule has 0 bridgehead atoms. The zero-order valence-corrected chi connectivity index (χ0v) is 15.3. The van der Waals surface area contributed by atoms with Crippen LogP contribution in [-0.2, 0) is 9.59 Å². The van der Waals surface area contributed by atoms with E-state index in [0.717, 1.165) is 19.3 Å². The van der Waals surface area contributed by atoms with Crippen LogP contribution in [0.5, 0.6) is 0 Å². The highest BCUT2D eigenvalue weighted by atomic mass is 16.2. The summed E-state index contributed by atoms with van der Waals surface area (Å²) < 4.78 is 0. The van der Waals surface area contributed by atoms with E-state index < -0.39 is 0 Å². The number of benzene rings is 1. The SMILES string of the molecule is CC(=O)c1ccc(NC(=O)/C(C)=C\C(=O)N2C(C)CCCC2C)cc1. The number of carbonyl (C=O) groups excluding carboxylic acids is 3. The molecule has 1 aromatic rings. The molecule has 5 nitrogen and oxygen atoms in total. The highest BCUT2D eigenvalue weighted by Crippen LogP contribution is 2.23. The van der Waals surface area contributed by atoms with Crippen LogP contribution < -0.4 is 5.32 Å². The largest absolute Gasteiger partial charge is 0.334 e. The standard InChI is InChI=1S/C20H26N2O3/c1-13(12-19(24)22-14(2)6-5-7-15(22)3)20(25)21-18-10-8-17(9-11-18)16(4)23/h8-12,14-15H,5-7H2,1-4H3,(H,21,25)/b13-12-. The molecular formula is C20H26N2O3. The van der Waals surface area contributed by atoms with Gasteiger partial charge in [0, 0.05) is 35.0 Å². The molecule has 0 radical (unpaired) electrons. The Hall–Kier alpha value is -2.43. The molecule has 1 aromatic carbocycles. The molecule has 134 valence electrons. The lowest BCUT2D eigenvalue weighted by molar-refractivity contribution is -0.132. The van der Waals surface area contributed by atoms with Crippen LogP contribution in [-0.4, -0.2) is 34.6 Å². The Morgan fingerprint density at radius 1 is 1.04 bits per heavy atom. The zero-order chi connectivity index (χ0) is 18.6. The Morgan fingerprint density at radius 3 is 2.12 bits per heavy atom. The van der Waals surface area contributed by atoms with E-state index in [4.69, 9.17) is 0 Å². The minimum absolute atomic E-state index is 0.0238. The molecule has 0 spiro atoms. The van der Waals surface area contributed by atoms with Crippen LogP contribution in [0, 0.1) is 0 Å². The highest BCUT2D eigenvalue weighted by Gasteiger charge is 2.28. The summed E-state index contributed by atoms with van der Waals surface area (Å²) in [6.45, 7) is 7.23. The maximum absolute atomic E-state index is 12.5. The van der Waals surface area contributed by atoms with Gasteiger partial charge in [-0.05, 0) is 71.2 Å². The van der Waals surface area contributed by atoms with Crippen LogP contribution in [0.15, 0.2) is 35.9 Å². The minimum atomic E-state index is -0.318. The Bertz CT molecular complexity index is 681. The fourth-order valence-corrected chi connectivity index (χ4v) is 3.20. The van der Waals surface area contributed by atoms with Crippen molar-refractivity contribution in [1.82, 2.24) is 4.90 Å². The van der Waals surface area contributed by atoms with Crippen molar-refractivity contribution in [3.63, 3.8) is 0 Å². The van der Waals surface area contributed by atoms with E-state index in [-0.39, 0.29) is 29.7 Å². The van der Waals surface area contributed by atoms with Crippen LogP contribution >= 0.6 is 0 Å². The summed E-state index contributed by atoms with van der Waals surface area (Å²) in [6.07, 6.45) is 4.54. The van der Waals surface area contributed by atoms with E-state index in [1.165, 1.54) is 13.0 Å². The van der Waals surface area contributed by atoms with Crippen LogP contribution in [0.2, 0.25) is 0 Å². The number of hydrogen-bond donors (Lipinski definition) is 1. The van der Waals surface area contributed by atoms with Crippen molar-refractivity contribution in [2.24, 2.45) is 0 Å². The van der Waals surface area contributed by atoms with Crippen molar-refractivity contribution < 1.29 is 14.4 Å². The Balaban J connectivity index is 2.04. The van der Waals surface area contributed by atoms with E-state index in [2.05, 4.69) is 5.32 Å². The summed E-state index contributed by atoms with van der Waals surface area (Å²) in [5, 5.41) is 2.75. The van der Waals surface area contributed by atoms with E-state index in [9.17, 15) is 14.4 Å². The Kier molecular flexibility index (Phi) is 6.12. The number of piperidine rings is 1. The van der Waals surface area contributed by atoms with Crippen LogP contribution in [0.25, 0.3) is 0 Å². The average Bonchev–Trinajstić information content (AvgIpc) is 2.55. The number of amides is 2. The molecular weight excluding hydrogens is 316 g/mol. The summed E-state index contributed by atoms with van der Waals surface area (Å²) in [7, 11) is 0. The first-order chi connectivity index (χ1) is 11.8. The van der Waals surface area contributed by atoms with Gasteiger partial charge >= 0.3 is 0 Å². The molecule has 1 heterocycles. The predicted molar refractivity (Wildman–Crippen MR) is 98.5 cm³/mol. The van der Waals surface area contributed by atoms with Gasteiger partial charge in [0.1, 0.15) is 0 Å². The second kappa shape index (κ2) is 8.10. The van der Waals surface area contributed by atoms with Gasteiger partial charge in [-0.25, -0.2) is 0 Å². The molecule has 1 aliphatic heterocycles. The van der Waals surface area contributed by atoms with Gasteiger partial charge in [0.05, 0.1) is 0 Å². The third-order valence-corrected chi connectivity index (χ3v) is 4.70. The molecule has 1 aliphatic rings. The maximum Gasteiger partial charge on any atom is 0.251 e. The van der Waals surface area contributed by atoms with Gasteiger partial charge in [0.25, 0.3) is 5.91 Å². The maximum atomic E-state index is 12.5. The van der Waals surface area contributed by atoms with Crippen molar-refractivity contribution in [3.05, 3.63) is 41.5 Å². The van der Waals surface area contributed by atoms with E-state index in [1.807, 2.05) is 18.7 Å². The highest BCUT2D eigenvalue weighted by molar-refractivity contribution is 6.07. The average molecular weight is 342 g/mol. The number of Topliss-reactive ketones (excluding diaryl/α,β-unsaturated/α-hetero) is 1. The number of rotatable bonds is 4. The Labute approximate surface area is 149 Å². The van der Waals surface area contributed by atoms with Gasteiger partial charge in [0.2, 0.25) is 5.91 Å². The minimum Gasteiger partial charge on any atom is -0.334 e. The number of ketones is 1. The number of hydrogen-bond acceptors (Lipinski definition) is 3. The topological polar surface area (TPSA) is 66.5 Å². The second-order valence-electron chi connectivity index (χ2n) is 6.79. The molecule has 1 N–H and O–H groups in total. The molecule has 2 amide bonds. The molecule has 0 saturated carbocycles. The van der Waals surface area contributed by atoms with Crippen molar-refractivity contribution in [2.45, 2.75) is 59.0 Å². The first-order valence-corrected chi connectivity index (χ1v) is 8.72. The molecule has 2 rings (SSSR count). The van der Waals surface area contributed by atoms with Crippen molar-refractivity contribution in [1.29, 1.82) is 0 Å². The molecule has 0 aromatic heterocycles. The van der Waals surface area contributed by atoms with Crippen LogP contribution in [0.3, 0.4) is 0 Å². The third kappa shape index (κ3) is 4.78. The summed E-state index contributed by atoms with van der Waals surface area (Å²) in [4.78, 5) is 38.0. The van der Waals surface area contributed by atoms with Crippen LogP contribution in [0.4, 0.5) is 5.69 Å². The summed E-state index contributed by atoms with van der Waals surface area (Å²) >= 11 is 0. The van der Waals surface area contributed by atoms with Gasteiger partial charge in [-0.2, -0.15) is 0 Å². The van der Waals surface area contributed by atoms with Gasteiger partial charge in [-0.1, -0.05) is 0 Å². The number of anilines is 1. The van der Waals surface area contributed by atoms with Crippen molar-refractivity contribution in [3.8, 4) is 0 Å². The third-order valence-electron chi connectivity index (χ3n) is 4.70. The van der Waals surface area contributed by atoms with Crippen molar-refractivity contribution in [2.75, 3.05) is 5.32 Å². The number of likely N-dealkylation sites (tertiary alicyclic amines) is 1. The zero-order valence-electron chi connectivity index (χ0n) is 15.3. The molecule has 1 fully saturated rings. The first-order valence-electron chi connectivity index (χ1n) is 8.72. The van der Waals surface area contributed by atoms with Gasteiger partial charge < -0.3 is 10.2 Å². The fraction of sp³-hybridized carbons (Fsp3) is 0.450. The molecule has 25 heavy (non-hydrogen) atoms. The van der Waals surface area contributed by atoms with Crippen LogP contribution in [0.1, 0.15) is 57.3 Å².